The van der Waals surface area contributed by atoms with E-state index >= 15 is 0 Å². The largest absolute Gasteiger partial charge is 0.464 e. The third kappa shape index (κ3) is 4.21. The molecule has 1 aromatic rings. The first-order valence-corrected chi connectivity index (χ1v) is 6.65. The molecule has 0 aromatic carbocycles. The second-order valence-corrected chi connectivity index (χ2v) is 4.33. The van der Waals surface area contributed by atoms with Gasteiger partial charge in [0.1, 0.15) is 5.82 Å². The van der Waals surface area contributed by atoms with Crippen LogP contribution in [0.25, 0.3) is 0 Å². The van der Waals surface area contributed by atoms with Gasteiger partial charge in [0.25, 0.3) is 0 Å². The number of rotatable bonds is 9. The SMILES string of the molecule is CCCCn1nc(C(=O)OC)c(COCCOC)c1N. The van der Waals surface area contributed by atoms with Crippen molar-refractivity contribution < 1.29 is 19.0 Å². The minimum atomic E-state index is -0.503. The Hall–Kier alpha value is -1.60. The topological polar surface area (TPSA) is 88.6 Å². The first-order chi connectivity index (χ1) is 9.65. The molecule has 1 rings (SSSR count). The van der Waals surface area contributed by atoms with Gasteiger partial charge < -0.3 is 19.9 Å². The molecular formula is C13H23N3O4. The van der Waals surface area contributed by atoms with Gasteiger partial charge in [0, 0.05) is 13.7 Å². The molecule has 2 N–H and O–H groups in total. The Morgan fingerprint density at radius 3 is 2.70 bits per heavy atom. The highest BCUT2D eigenvalue weighted by Crippen LogP contribution is 2.19. The number of carbonyl (C=O) groups excluding carboxylic acids is 1. The van der Waals surface area contributed by atoms with Crippen LogP contribution in [0.15, 0.2) is 0 Å². The summed E-state index contributed by atoms with van der Waals surface area (Å²) >= 11 is 0. The van der Waals surface area contributed by atoms with Gasteiger partial charge in [0.05, 0.1) is 32.5 Å². The molecule has 0 spiro atoms. The lowest BCUT2D eigenvalue weighted by Gasteiger charge is -2.05. The van der Waals surface area contributed by atoms with Crippen LogP contribution in [0.1, 0.15) is 35.8 Å². The highest BCUT2D eigenvalue weighted by atomic mass is 16.5. The second-order valence-electron chi connectivity index (χ2n) is 4.33. The van der Waals surface area contributed by atoms with Crippen LogP contribution in [0.4, 0.5) is 5.82 Å². The molecule has 0 saturated heterocycles. The summed E-state index contributed by atoms with van der Waals surface area (Å²) in [6.07, 6.45) is 1.96. The number of anilines is 1. The van der Waals surface area contributed by atoms with Gasteiger partial charge in [-0.2, -0.15) is 5.10 Å². The van der Waals surface area contributed by atoms with E-state index in [-0.39, 0.29) is 12.3 Å². The molecule has 1 aromatic heterocycles. The van der Waals surface area contributed by atoms with E-state index in [1.807, 2.05) is 0 Å². The Morgan fingerprint density at radius 1 is 1.35 bits per heavy atom. The van der Waals surface area contributed by atoms with E-state index in [0.29, 0.717) is 31.1 Å². The fourth-order valence-corrected chi connectivity index (χ4v) is 1.71. The van der Waals surface area contributed by atoms with Crippen LogP contribution >= 0.6 is 0 Å². The van der Waals surface area contributed by atoms with Crippen molar-refractivity contribution in [1.82, 2.24) is 9.78 Å². The van der Waals surface area contributed by atoms with Gasteiger partial charge in [0.15, 0.2) is 5.69 Å². The molecule has 0 saturated carbocycles. The molecule has 0 aliphatic rings. The third-order valence-corrected chi connectivity index (χ3v) is 2.87. The molecule has 1 heterocycles. The van der Waals surface area contributed by atoms with E-state index in [4.69, 9.17) is 19.9 Å². The van der Waals surface area contributed by atoms with E-state index < -0.39 is 5.97 Å². The number of aromatic nitrogens is 2. The summed E-state index contributed by atoms with van der Waals surface area (Å²) in [5.74, 6) is -0.0476. The number of hydrogen-bond acceptors (Lipinski definition) is 6. The zero-order valence-corrected chi connectivity index (χ0v) is 12.3. The predicted molar refractivity (Wildman–Crippen MR) is 74.4 cm³/mol. The lowest BCUT2D eigenvalue weighted by Crippen LogP contribution is -2.09. The number of nitrogens with two attached hydrogens (primary N) is 1. The maximum atomic E-state index is 11.7. The van der Waals surface area contributed by atoms with E-state index in [2.05, 4.69) is 12.0 Å². The van der Waals surface area contributed by atoms with E-state index in [1.165, 1.54) is 7.11 Å². The first-order valence-electron chi connectivity index (χ1n) is 6.65. The molecule has 0 unspecified atom stereocenters. The predicted octanol–water partition coefficient (Wildman–Crippen LogP) is 1.21. The molecular weight excluding hydrogens is 262 g/mol. The number of unbranched alkanes of at least 4 members (excludes halogenated alkanes) is 1. The molecule has 114 valence electrons. The lowest BCUT2D eigenvalue weighted by atomic mass is 10.2. The summed E-state index contributed by atoms with van der Waals surface area (Å²) < 4.78 is 16.7. The molecule has 0 radical (unpaired) electrons. The van der Waals surface area contributed by atoms with Crippen molar-refractivity contribution in [1.29, 1.82) is 0 Å². The summed E-state index contributed by atoms with van der Waals surface area (Å²) in [5, 5.41) is 4.22. The maximum Gasteiger partial charge on any atom is 0.359 e. The van der Waals surface area contributed by atoms with Crippen molar-refractivity contribution >= 4 is 11.8 Å². The number of nitrogens with zero attached hydrogens (tertiary/aromatic N) is 2. The molecule has 0 aliphatic heterocycles. The molecule has 0 aliphatic carbocycles. The number of ether oxygens (including phenoxy) is 3. The Morgan fingerprint density at radius 2 is 2.10 bits per heavy atom. The highest BCUT2D eigenvalue weighted by molar-refractivity contribution is 5.90. The number of aryl methyl sites for hydroxylation is 1. The normalized spacial score (nSPS) is 10.8. The summed E-state index contributed by atoms with van der Waals surface area (Å²) in [7, 11) is 2.92. The number of hydrogen-bond donors (Lipinski definition) is 1. The van der Waals surface area contributed by atoms with Crippen molar-refractivity contribution in [2.75, 3.05) is 33.2 Å². The highest BCUT2D eigenvalue weighted by Gasteiger charge is 2.21. The fraction of sp³-hybridized carbons (Fsp3) is 0.692. The molecule has 0 amide bonds. The number of methoxy groups -OCH3 is 2. The molecule has 0 bridgehead atoms. The number of carbonyl (C=O) groups is 1. The zero-order valence-electron chi connectivity index (χ0n) is 12.3. The van der Waals surface area contributed by atoms with Crippen LogP contribution in [0.2, 0.25) is 0 Å². The lowest BCUT2D eigenvalue weighted by molar-refractivity contribution is 0.0549. The summed E-state index contributed by atoms with van der Waals surface area (Å²) in [6.45, 7) is 3.87. The Labute approximate surface area is 119 Å². The average Bonchev–Trinajstić information content (AvgIpc) is 2.77. The number of esters is 1. The third-order valence-electron chi connectivity index (χ3n) is 2.87. The van der Waals surface area contributed by atoms with Crippen LogP contribution in [0.5, 0.6) is 0 Å². The standard InChI is InChI=1S/C13H23N3O4/c1-4-5-6-16-12(14)10(9-20-8-7-18-2)11(15-16)13(17)19-3/h4-9,14H2,1-3H3. The zero-order chi connectivity index (χ0) is 15.0. The van der Waals surface area contributed by atoms with Gasteiger partial charge in [0.2, 0.25) is 0 Å². The van der Waals surface area contributed by atoms with E-state index in [0.717, 1.165) is 12.8 Å². The smallest absolute Gasteiger partial charge is 0.359 e. The monoisotopic (exact) mass is 285 g/mol. The van der Waals surface area contributed by atoms with Gasteiger partial charge >= 0.3 is 5.97 Å². The van der Waals surface area contributed by atoms with Crippen molar-refractivity contribution in [2.24, 2.45) is 0 Å². The molecule has 7 nitrogen and oxygen atoms in total. The summed E-state index contributed by atoms with van der Waals surface area (Å²) in [6, 6.07) is 0. The minimum absolute atomic E-state index is 0.214. The average molecular weight is 285 g/mol. The first kappa shape index (κ1) is 16.5. The Bertz CT molecular complexity index is 431. The van der Waals surface area contributed by atoms with Crippen molar-refractivity contribution in [3.63, 3.8) is 0 Å². The fourth-order valence-electron chi connectivity index (χ4n) is 1.71. The van der Waals surface area contributed by atoms with E-state index in [1.54, 1.807) is 11.8 Å². The quantitative estimate of drug-likeness (QED) is 0.542. The van der Waals surface area contributed by atoms with Crippen LogP contribution in [0.3, 0.4) is 0 Å². The molecule has 20 heavy (non-hydrogen) atoms. The summed E-state index contributed by atoms with van der Waals surface area (Å²) in [4.78, 5) is 11.7. The van der Waals surface area contributed by atoms with Gasteiger partial charge in [-0.3, -0.25) is 0 Å². The van der Waals surface area contributed by atoms with Crippen molar-refractivity contribution in [2.45, 2.75) is 32.9 Å². The second kappa shape index (κ2) is 8.55. The Kier molecular flexibility index (Phi) is 7.03. The minimum Gasteiger partial charge on any atom is -0.464 e. The van der Waals surface area contributed by atoms with Crippen LogP contribution in [-0.4, -0.2) is 43.2 Å². The van der Waals surface area contributed by atoms with Gasteiger partial charge in [-0.15, -0.1) is 0 Å². The van der Waals surface area contributed by atoms with Crippen LogP contribution < -0.4 is 5.73 Å². The van der Waals surface area contributed by atoms with Crippen molar-refractivity contribution in [3.8, 4) is 0 Å². The van der Waals surface area contributed by atoms with Gasteiger partial charge in [-0.1, -0.05) is 13.3 Å². The number of nitrogen functional groups attached to an aromatic ring is 1. The van der Waals surface area contributed by atoms with Crippen LogP contribution in [0, 0.1) is 0 Å². The molecule has 0 atom stereocenters. The van der Waals surface area contributed by atoms with E-state index in [9.17, 15) is 4.79 Å². The van der Waals surface area contributed by atoms with Crippen LogP contribution in [-0.2, 0) is 27.4 Å². The summed E-state index contributed by atoms with van der Waals surface area (Å²) in [5.41, 5.74) is 6.83. The molecule has 0 fully saturated rings. The van der Waals surface area contributed by atoms with Gasteiger partial charge in [-0.25, -0.2) is 9.48 Å². The molecule has 7 heteroatoms. The van der Waals surface area contributed by atoms with Crippen molar-refractivity contribution in [3.05, 3.63) is 11.3 Å². The van der Waals surface area contributed by atoms with Gasteiger partial charge in [-0.05, 0) is 6.42 Å². The Balaban J connectivity index is 2.86. The maximum absolute atomic E-state index is 11.7.